The molecule has 0 saturated carbocycles. The molecule has 1 atom stereocenters. The van der Waals surface area contributed by atoms with Crippen LogP contribution in [0.4, 0.5) is 8.78 Å². The Morgan fingerprint density at radius 3 is 2.64 bits per heavy atom. The summed E-state index contributed by atoms with van der Waals surface area (Å²) < 4.78 is 34.9. The van der Waals surface area contributed by atoms with Gasteiger partial charge < -0.3 is 5.32 Å². The Morgan fingerprint density at radius 2 is 2.07 bits per heavy atom. The molecule has 1 saturated heterocycles. The predicted octanol–water partition coefficient (Wildman–Crippen LogP) is 1.66. The van der Waals surface area contributed by atoms with E-state index in [9.17, 15) is 13.0 Å². The van der Waals surface area contributed by atoms with Gasteiger partial charge in [0.15, 0.2) is 0 Å². The third kappa shape index (κ3) is 4.28. The lowest BCUT2D eigenvalue weighted by atomic mass is 10.2. The molecule has 0 aromatic rings. The number of allylic oxidation sites excluding steroid dienone is 1. The van der Waals surface area contributed by atoms with Crippen LogP contribution in [0.5, 0.6) is 0 Å². The van der Waals surface area contributed by atoms with E-state index in [4.69, 9.17) is 0 Å². The highest BCUT2D eigenvalue weighted by atomic mass is 32.2. The second kappa shape index (κ2) is 6.24. The lowest BCUT2D eigenvalue weighted by Crippen LogP contribution is -2.34. The monoisotopic (exact) mass is 223 g/mol. The van der Waals surface area contributed by atoms with Crippen molar-refractivity contribution in [2.75, 3.05) is 18.8 Å². The number of halogens is 2. The molecule has 1 N–H and O–H groups in total. The van der Waals surface area contributed by atoms with Crippen molar-refractivity contribution in [3.8, 4) is 0 Å². The van der Waals surface area contributed by atoms with Crippen molar-refractivity contribution < 1.29 is 13.0 Å². The molecule has 5 heteroatoms. The quantitative estimate of drug-likeness (QED) is 0.785. The molecule has 0 aromatic carbocycles. The SMILES string of the molecule is O=S(CCC=C(F)F)C1CCNCC1. The van der Waals surface area contributed by atoms with Gasteiger partial charge in [0.25, 0.3) is 6.08 Å². The molecule has 0 bridgehead atoms. The summed E-state index contributed by atoms with van der Waals surface area (Å²) >= 11 is 0. The van der Waals surface area contributed by atoms with Crippen molar-refractivity contribution >= 4 is 10.8 Å². The molecule has 1 unspecified atom stereocenters. The average Bonchev–Trinajstić information content (AvgIpc) is 2.18. The topological polar surface area (TPSA) is 29.1 Å². The molecule has 1 aliphatic rings. The highest BCUT2D eigenvalue weighted by molar-refractivity contribution is 7.85. The fourth-order valence-electron chi connectivity index (χ4n) is 1.51. The zero-order valence-electron chi connectivity index (χ0n) is 7.97. The molecule has 0 spiro atoms. The lowest BCUT2D eigenvalue weighted by molar-refractivity contribution is 0.418. The summed E-state index contributed by atoms with van der Waals surface area (Å²) in [5.41, 5.74) is 0. The van der Waals surface area contributed by atoms with Crippen molar-refractivity contribution in [2.45, 2.75) is 24.5 Å². The van der Waals surface area contributed by atoms with Crippen molar-refractivity contribution in [2.24, 2.45) is 0 Å². The standard InChI is InChI=1S/C9H15F2NOS/c10-9(11)2-1-7-14(13)8-3-5-12-6-4-8/h2,8,12H,1,3-7H2. The maximum atomic E-state index is 11.7. The van der Waals surface area contributed by atoms with Gasteiger partial charge in [-0.25, -0.2) is 0 Å². The Kier molecular flexibility index (Phi) is 5.25. The van der Waals surface area contributed by atoms with E-state index in [0.717, 1.165) is 32.0 Å². The molecule has 0 radical (unpaired) electrons. The van der Waals surface area contributed by atoms with Gasteiger partial charge in [0.2, 0.25) is 0 Å². The van der Waals surface area contributed by atoms with Crippen molar-refractivity contribution in [3.05, 3.63) is 12.2 Å². The lowest BCUT2D eigenvalue weighted by Gasteiger charge is -2.21. The van der Waals surface area contributed by atoms with E-state index >= 15 is 0 Å². The molecular weight excluding hydrogens is 208 g/mol. The summed E-state index contributed by atoms with van der Waals surface area (Å²) in [6, 6.07) is 0. The van der Waals surface area contributed by atoms with E-state index in [-0.39, 0.29) is 11.7 Å². The molecule has 14 heavy (non-hydrogen) atoms. The number of rotatable bonds is 4. The van der Waals surface area contributed by atoms with Crippen LogP contribution in [0.1, 0.15) is 19.3 Å². The fraction of sp³-hybridized carbons (Fsp3) is 0.778. The minimum absolute atomic E-state index is 0.201. The maximum Gasteiger partial charge on any atom is 0.266 e. The van der Waals surface area contributed by atoms with Crippen LogP contribution in [0, 0.1) is 0 Å². The number of hydrogen-bond acceptors (Lipinski definition) is 2. The molecule has 1 heterocycles. The van der Waals surface area contributed by atoms with Gasteiger partial charge in [-0.05, 0) is 38.4 Å². The summed E-state index contributed by atoms with van der Waals surface area (Å²) in [7, 11) is -0.941. The summed E-state index contributed by atoms with van der Waals surface area (Å²) in [5.74, 6) is 0.363. The van der Waals surface area contributed by atoms with E-state index in [2.05, 4.69) is 5.32 Å². The highest BCUT2D eigenvalue weighted by Gasteiger charge is 2.18. The summed E-state index contributed by atoms with van der Waals surface area (Å²) in [6.07, 6.45) is 1.19. The van der Waals surface area contributed by atoms with Gasteiger partial charge >= 0.3 is 0 Å². The first-order chi connectivity index (χ1) is 6.70. The van der Waals surface area contributed by atoms with Crippen LogP contribution < -0.4 is 5.32 Å². The molecule has 0 aromatic heterocycles. The van der Waals surface area contributed by atoms with E-state index in [1.54, 1.807) is 0 Å². The predicted molar refractivity (Wildman–Crippen MR) is 53.8 cm³/mol. The van der Waals surface area contributed by atoms with Gasteiger partial charge in [-0.2, -0.15) is 8.78 Å². The average molecular weight is 223 g/mol. The van der Waals surface area contributed by atoms with Crippen molar-refractivity contribution in [3.63, 3.8) is 0 Å². The van der Waals surface area contributed by atoms with Crippen LogP contribution >= 0.6 is 0 Å². The van der Waals surface area contributed by atoms with E-state index in [0.29, 0.717) is 5.75 Å². The van der Waals surface area contributed by atoms with Crippen LogP contribution in [-0.2, 0) is 10.8 Å². The van der Waals surface area contributed by atoms with Gasteiger partial charge in [0, 0.05) is 21.8 Å². The third-order valence-electron chi connectivity index (χ3n) is 2.28. The highest BCUT2D eigenvalue weighted by Crippen LogP contribution is 2.11. The molecule has 1 aliphatic heterocycles. The van der Waals surface area contributed by atoms with Crippen LogP contribution in [0.15, 0.2) is 12.2 Å². The largest absolute Gasteiger partial charge is 0.317 e. The van der Waals surface area contributed by atoms with Crippen molar-refractivity contribution in [1.29, 1.82) is 0 Å². The molecular formula is C9H15F2NOS. The fourth-order valence-corrected chi connectivity index (χ4v) is 2.95. The Balaban J connectivity index is 2.23. The minimum atomic E-state index is -1.67. The first-order valence-electron chi connectivity index (χ1n) is 4.79. The van der Waals surface area contributed by atoms with Gasteiger partial charge in [-0.1, -0.05) is 0 Å². The first-order valence-corrected chi connectivity index (χ1v) is 6.17. The normalized spacial score (nSPS) is 20.4. The van der Waals surface area contributed by atoms with Gasteiger partial charge in [-0.15, -0.1) is 0 Å². The summed E-state index contributed by atoms with van der Waals surface area (Å²) in [4.78, 5) is 0. The molecule has 0 amide bonds. The second-order valence-electron chi connectivity index (χ2n) is 3.32. The van der Waals surface area contributed by atoms with Gasteiger partial charge in [0.05, 0.1) is 0 Å². The molecule has 0 aliphatic carbocycles. The van der Waals surface area contributed by atoms with E-state index in [1.807, 2.05) is 0 Å². The summed E-state index contributed by atoms with van der Waals surface area (Å²) in [5, 5.41) is 3.38. The van der Waals surface area contributed by atoms with Crippen LogP contribution in [0.25, 0.3) is 0 Å². The van der Waals surface area contributed by atoms with Crippen LogP contribution in [-0.4, -0.2) is 28.3 Å². The first kappa shape index (κ1) is 11.8. The summed E-state index contributed by atoms with van der Waals surface area (Å²) in [6.45, 7) is 1.79. The Labute approximate surface area is 85.2 Å². The van der Waals surface area contributed by atoms with E-state index < -0.39 is 16.9 Å². The molecule has 82 valence electrons. The minimum Gasteiger partial charge on any atom is -0.317 e. The number of piperidine rings is 1. The third-order valence-corrected chi connectivity index (χ3v) is 4.13. The number of hydrogen-bond donors (Lipinski definition) is 1. The van der Waals surface area contributed by atoms with E-state index in [1.165, 1.54) is 0 Å². The second-order valence-corrected chi connectivity index (χ2v) is 5.15. The maximum absolute atomic E-state index is 11.7. The zero-order chi connectivity index (χ0) is 10.4. The smallest absolute Gasteiger partial charge is 0.266 e. The molecule has 1 rings (SSSR count). The number of nitrogens with one attached hydrogen (secondary N) is 1. The Hall–Kier alpha value is -0.290. The van der Waals surface area contributed by atoms with Crippen molar-refractivity contribution in [1.82, 2.24) is 5.32 Å². The van der Waals surface area contributed by atoms with Crippen LogP contribution in [0.3, 0.4) is 0 Å². The van der Waals surface area contributed by atoms with Gasteiger partial charge in [-0.3, -0.25) is 4.21 Å². The Morgan fingerprint density at radius 1 is 1.43 bits per heavy atom. The van der Waals surface area contributed by atoms with Crippen LogP contribution in [0.2, 0.25) is 0 Å². The molecule has 1 fully saturated rings. The van der Waals surface area contributed by atoms with Gasteiger partial charge in [0.1, 0.15) is 0 Å². The molecule has 2 nitrogen and oxygen atoms in total. The zero-order valence-corrected chi connectivity index (χ0v) is 8.79. The Bertz CT molecular complexity index is 223.